The van der Waals surface area contributed by atoms with Crippen molar-refractivity contribution in [3.8, 4) is 0 Å². The number of nitrogens with one attached hydrogen (secondary N) is 1. The fourth-order valence-corrected chi connectivity index (χ4v) is 4.67. The molecule has 1 aromatic heterocycles. The standard InChI is InChI=1S/C15H26N4S/c1-4-11-10-19(9-8-18(11)3)15-17-13-7-5-6-12(16-2)14(13)20-15/h11-12,16H,4-10H2,1-3H3. The second-order valence-corrected chi connectivity index (χ2v) is 7.04. The summed E-state index contributed by atoms with van der Waals surface area (Å²) in [6, 6.07) is 1.20. The number of rotatable bonds is 3. The van der Waals surface area contributed by atoms with Crippen molar-refractivity contribution in [1.82, 2.24) is 15.2 Å². The van der Waals surface area contributed by atoms with Gasteiger partial charge < -0.3 is 10.2 Å². The van der Waals surface area contributed by atoms with Gasteiger partial charge in [0.05, 0.1) is 5.69 Å². The quantitative estimate of drug-likeness (QED) is 0.927. The molecule has 20 heavy (non-hydrogen) atoms. The van der Waals surface area contributed by atoms with Gasteiger partial charge in [-0.15, -0.1) is 0 Å². The Labute approximate surface area is 126 Å². The summed E-state index contributed by atoms with van der Waals surface area (Å²) in [5, 5.41) is 4.70. The van der Waals surface area contributed by atoms with Crippen molar-refractivity contribution in [2.24, 2.45) is 0 Å². The van der Waals surface area contributed by atoms with Crippen molar-refractivity contribution in [1.29, 1.82) is 0 Å². The van der Waals surface area contributed by atoms with Crippen molar-refractivity contribution in [2.45, 2.75) is 44.7 Å². The van der Waals surface area contributed by atoms with Gasteiger partial charge in [0.15, 0.2) is 5.13 Å². The summed E-state index contributed by atoms with van der Waals surface area (Å²) in [6.07, 6.45) is 4.90. The van der Waals surface area contributed by atoms with Crippen LogP contribution in [0.25, 0.3) is 0 Å². The molecule has 1 fully saturated rings. The van der Waals surface area contributed by atoms with Crippen molar-refractivity contribution >= 4 is 16.5 Å². The molecule has 1 aromatic rings. The van der Waals surface area contributed by atoms with Gasteiger partial charge in [0.2, 0.25) is 0 Å². The van der Waals surface area contributed by atoms with Crippen LogP contribution in [0.15, 0.2) is 0 Å². The number of aryl methyl sites for hydroxylation is 1. The number of hydrogen-bond acceptors (Lipinski definition) is 5. The second-order valence-electron chi connectivity index (χ2n) is 6.03. The van der Waals surface area contributed by atoms with E-state index in [4.69, 9.17) is 4.98 Å². The molecule has 0 radical (unpaired) electrons. The van der Waals surface area contributed by atoms with Crippen LogP contribution in [0.4, 0.5) is 5.13 Å². The van der Waals surface area contributed by atoms with Gasteiger partial charge in [-0.2, -0.15) is 0 Å². The molecule has 1 aliphatic heterocycles. The largest absolute Gasteiger partial charge is 0.345 e. The predicted octanol–water partition coefficient (Wildman–Crippen LogP) is 2.27. The van der Waals surface area contributed by atoms with Crippen LogP contribution in [-0.2, 0) is 6.42 Å². The SMILES string of the molecule is CCC1CN(c2nc3c(s2)C(NC)CCC3)CCN1C. The van der Waals surface area contributed by atoms with E-state index in [-0.39, 0.29) is 0 Å². The average molecular weight is 294 g/mol. The van der Waals surface area contributed by atoms with E-state index in [1.165, 1.54) is 35.0 Å². The first-order valence-corrected chi connectivity index (χ1v) is 8.66. The third kappa shape index (κ3) is 2.59. The molecule has 2 heterocycles. The van der Waals surface area contributed by atoms with E-state index in [9.17, 15) is 0 Å². The molecular formula is C15H26N4S. The predicted molar refractivity (Wildman–Crippen MR) is 85.8 cm³/mol. The molecule has 5 heteroatoms. The second kappa shape index (κ2) is 6.00. The number of anilines is 1. The summed E-state index contributed by atoms with van der Waals surface area (Å²) in [5.41, 5.74) is 1.35. The van der Waals surface area contributed by atoms with Crippen molar-refractivity contribution in [3.05, 3.63) is 10.6 Å². The van der Waals surface area contributed by atoms with E-state index < -0.39 is 0 Å². The first-order chi connectivity index (χ1) is 9.72. The molecule has 112 valence electrons. The van der Waals surface area contributed by atoms with Gasteiger partial charge in [0.1, 0.15) is 0 Å². The van der Waals surface area contributed by atoms with Gasteiger partial charge in [-0.3, -0.25) is 4.90 Å². The minimum Gasteiger partial charge on any atom is -0.345 e. The van der Waals surface area contributed by atoms with E-state index in [1.54, 1.807) is 0 Å². The number of thiazole rings is 1. The Balaban J connectivity index is 1.79. The van der Waals surface area contributed by atoms with Crippen LogP contribution in [-0.4, -0.2) is 49.7 Å². The van der Waals surface area contributed by atoms with Crippen LogP contribution in [0.1, 0.15) is 42.8 Å². The van der Waals surface area contributed by atoms with Gasteiger partial charge in [0.25, 0.3) is 0 Å². The summed E-state index contributed by atoms with van der Waals surface area (Å²) in [7, 11) is 4.32. The number of piperazine rings is 1. The zero-order chi connectivity index (χ0) is 14.1. The van der Waals surface area contributed by atoms with Crippen LogP contribution >= 0.6 is 11.3 Å². The summed E-state index contributed by atoms with van der Waals surface area (Å²) < 4.78 is 0. The molecule has 3 rings (SSSR count). The Bertz CT molecular complexity index is 459. The monoisotopic (exact) mass is 294 g/mol. The normalized spacial score (nSPS) is 27.6. The summed E-state index contributed by atoms with van der Waals surface area (Å²) >= 11 is 1.92. The topological polar surface area (TPSA) is 31.4 Å². The Morgan fingerprint density at radius 2 is 2.25 bits per heavy atom. The molecule has 2 unspecified atom stereocenters. The molecular weight excluding hydrogens is 268 g/mol. The minimum atomic E-state index is 0.527. The summed E-state index contributed by atoms with van der Waals surface area (Å²) in [4.78, 5) is 11.4. The molecule has 0 spiro atoms. The van der Waals surface area contributed by atoms with Crippen molar-refractivity contribution in [3.63, 3.8) is 0 Å². The Kier molecular flexibility index (Phi) is 4.29. The highest BCUT2D eigenvalue weighted by atomic mass is 32.1. The first-order valence-electron chi connectivity index (χ1n) is 7.85. The van der Waals surface area contributed by atoms with E-state index in [0.717, 1.165) is 26.1 Å². The van der Waals surface area contributed by atoms with Crippen LogP contribution in [0.2, 0.25) is 0 Å². The maximum atomic E-state index is 4.95. The maximum absolute atomic E-state index is 4.95. The van der Waals surface area contributed by atoms with Crippen LogP contribution in [0.3, 0.4) is 0 Å². The Morgan fingerprint density at radius 1 is 1.40 bits per heavy atom. The molecule has 0 saturated carbocycles. The molecule has 0 amide bonds. The van der Waals surface area contributed by atoms with Crippen molar-refractivity contribution in [2.75, 3.05) is 38.6 Å². The summed E-state index contributed by atoms with van der Waals surface area (Å²) in [5.74, 6) is 0. The zero-order valence-electron chi connectivity index (χ0n) is 12.9. The van der Waals surface area contributed by atoms with Crippen LogP contribution in [0, 0.1) is 0 Å². The minimum absolute atomic E-state index is 0.527. The Morgan fingerprint density at radius 3 is 3.00 bits per heavy atom. The van der Waals surface area contributed by atoms with Crippen LogP contribution in [0.5, 0.6) is 0 Å². The Hall–Kier alpha value is -0.650. The molecule has 1 N–H and O–H groups in total. The van der Waals surface area contributed by atoms with E-state index >= 15 is 0 Å². The highest BCUT2D eigenvalue weighted by Gasteiger charge is 2.28. The molecule has 1 saturated heterocycles. The van der Waals surface area contributed by atoms with Crippen molar-refractivity contribution < 1.29 is 0 Å². The van der Waals surface area contributed by atoms with Gasteiger partial charge in [-0.1, -0.05) is 18.3 Å². The van der Waals surface area contributed by atoms with Gasteiger partial charge in [-0.05, 0) is 39.8 Å². The molecule has 2 aliphatic rings. The smallest absolute Gasteiger partial charge is 0.185 e. The maximum Gasteiger partial charge on any atom is 0.185 e. The zero-order valence-corrected chi connectivity index (χ0v) is 13.7. The molecule has 0 aromatic carbocycles. The van der Waals surface area contributed by atoms with E-state index in [2.05, 4.69) is 36.1 Å². The number of nitrogens with zero attached hydrogens (tertiary/aromatic N) is 3. The number of fused-ring (bicyclic) bond motifs is 1. The van der Waals surface area contributed by atoms with E-state index in [0.29, 0.717) is 12.1 Å². The lowest BCUT2D eigenvalue weighted by molar-refractivity contribution is 0.213. The fraction of sp³-hybridized carbons (Fsp3) is 0.800. The lowest BCUT2D eigenvalue weighted by atomic mass is 9.98. The highest BCUT2D eigenvalue weighted by molar-refractivity contribution is 7.15. The van der Waals surface area contributed by atoms with Crippen LogP contribution < -0.4 is 10.2 Å². The lowest BCUT2D eigenvalue weighted by Gasteiger charge is -2.39. The molecule has 0 bridgehead atoms. The molecule has 2 atom stereocenters. The van der Waals surface area contributed by atoms with E-state index in [1.807, 2.05) is 11.3 Å². The van der Waals surface area contributed by atoms with Gasteiger partial charge >= 0.3 is 0 Å². The first kappa shape index (κ1) is 14.3. The highest BCUT2D eigenvalue weighted by Crippen LogP contribution is 2.37. The number of likely N-dealkylation sites (N-methyl/N-ethyl adjacent to an activating group) is 1. The lowest BCUT2D eigenvalue weighted by Crippen LogP contribution is -2.51. The summed E-state index contributed by atoms with van der Waals surface area (Å²) in [6.45, 7) is 5.68. The fourth-order valence-electron chi connectivity index (χ4n) is 3.38. The third-order valence-electron chi connectivity index (χ3n) is 4.81. The number of aromatic nitrogens is 1. The van der Waals surface area contributed by atoms with Gasteiger partial charge in [0, 0.05) is 36.6 Å². The van der Waals surface area contributed by atoms with Gasteiger partial charge in [-0.25, -0.2) is 4.98 Å². The molecule has 4 nitrogen and oxygen atoms in total. The number of hydrogen-bond donors (Lipinski definition) is 1. The molecule has 1 aliphatic carbocycles. The third-order valence-corrected chi connectivity index (χ3v) is 6.08. The average Bonchev–Trinajstić information content (AvgIpc) is 2.91.